The summed E-state index contributed by atoms with van der Waals surface area (Å²) in [5.74, 6) is -1.17. The molecule has 0 aliphatic heterocycles. The maximum atomic E-state index is 12.2. The number of hydrogen-bond donors (Lipinski definition) is 2. The Balaban J connectivity index is 2.69. The summed E-state index contributed by atoms with van der Waals surface area (Å²) in [7, 11) is 2.76. The number of nitrogens with one attached hydrogen (secondary N) is 1. The van der Waals surface area contributed by atoms with Crippen molar-refractivity contribution >= 4 is 5.97 Å². The van der Waals surface area contributed by atoms with Crippen molar-refractivity contribution in [3.05, 3.63) is 0 Å². The van der Waals surface area contributed by atoms with Crippen LogP contribution in [0, 0.1) is 5.92 Å². The van der Waals surface area contributed by atoms with Crippen LogP contribution < -0.4 is 5.32 Å². The standard InChI is InChI=1S/C10H17F3N2O2/c1-14-9(8(16)17,7-3-4-7)5-15(2)6-10(11,12)13/h7,14H,3-6H2,1-2H3,(H,16,17). The molecule has 17 heavy (non-hydrogen) atoms. The number of likely N-dealkylation sites (N-methyl/N-ethyl adjacent to an activating group) is 2. The molecule has 1 rings (SSSR count). The average molecular weight is 254 g/mol. The first-order valence-electron chi connectivity index (χ1n) is 5.39. The number of carboxylic acids is 1. The molecule has 4 nitrogen and oxygen atoms in total. The normalized spacial score (nSPS) is 20.4. The lowest BCUT2D eigenvalue weighted by Crippen LogP contribution is -2.59. The SMILES string of the molecule is CNC(CN(C)CC(F)(F)F)(C(=O)O)C1CC1. The van der Waals surface area contributed by atoms with Gasteiger partial charge < -0.3 is 10.4 Å². The van der Waals surface area contributed by atoms with E-state index in [1.807, 2.05) is 0 Å². The van der Waals surface area contributed by atoms with Crippen LogP contribution in [0.5, 0.6) is 0 Å². The summed E-state index contributed by atoms with van der Waals surface area (Å²) in [5.41, 5.74) is -1.26. The third kappa shape index (κ3) is 3.57. The second-order valence-corrected chi connectivity index (χ2v) is 4.59. The van der Waals surface area contributed by atoms with Gasteiger partial charge in [-0.3, -0.25) is 9.69 Å². The number of carbonyl (C=O) groups is 1. The molecule has 0 saturated heterocycles. The minimum absolute atomic E-state index is 0.0827. The van der Waals surface area contributed by atoms with E-state index < -0.39 is 24.2 Å². The van der Waals surface area contributed by atoms with Crippen molar-refractivity contribution < 1.29 is 23.1 Å². The van der Waals surface area contributed by atoms with Crippen LogP contribution in [-0.4, -0.2) is 54.9 Å². The molecule has 0 amide bonds. The lowest BCUT2D eigenvalue weighted by molar-refractivity contribution is -0.155. The van der Waals surface area contributed by atoms with Crippen molar-refractivity contribution in [2.45, 2.75) is 24.6 Å². The molecule has 1 aliphatic carbocycles. The number of alkyl halides is 3. The molecule has 1 unspecified atom stereocenters. The Hall–Kier alpha value is -0.820. The first kappa shape index (κ1) is 14.2. The highest BCUT2D eigenvalue weighted by atomic mass is 19.4. The van der Waals surface area contributed by atoms with Crippen LogP contribution in [0.15, 0.2) is 0 Å². The largest absolute Gasteiger partial charge is 0.480 e. The Kier molecular flexibility index (Phi) is 4.03. The highest BCUT2D eigenvalue weighted by Crippen LogP contribution is 2.40. The molecular formula is C10H17F3N2O2. The van der Waals surface area contributed by atoms with Gasteiger partial charge in [0.2, 0.25) is 0 Å². The summed E-state index contributed by atoms with van der Waals surface area (Å²) in [6.45, 7) is -1.25. The van der Waals surface area contributed by atoms with Gasteiger partial charge in [0.15, 0.2) is 0 Å². The highest BCUT2D eigenvalue weighted by Gasteiger charge is 2.51. The molecule has 0 aromatic rings. The average Bonchev–Trinajstić information content (AvgIpc) is 2.93. The van der Waals surface area contributed by atoms with Crippen molar-refractivity contribution in [1.29, 1.82) is 0 Å². The van der Waals surface area contributed by atoms with Gasteiger partial charge in [0, 0.05) is 6.54 Å². The molecule has 2 N–H and O–H groups in total. The van der Waals surface area contributed by atoms with E-state index in [2.05, 4.69) is 5.32 Å². The lowest BCUT2D eigenvalue weighted by Gasteiger charge is -2.33. The lowest BCUT2D eigenvalue weighted by atomic mass is 9.92. The van der Waals surface area contributed by atoms with Gasteiger partial charge in [-0.15, -0.1) is 0 Å². The summed E-state index contributed by atoms with van der Waals surface area (Å²) < 4.78 is 36.6. The van der Waals surface area contributed by atoms with Gasteiger partial charge in [-0.25, -0.2) is 0 Å². The van der Waals surface area contributed by atoms with Crippen molar-refractivity contribution in [2.24, 2.45) is 5.92 Å². The van der Waals surface area contributed by atoms with Gasteiger partial charge in [0.25, 0.3) is 0 Å². The third-order valence-electron chi connectivity index (χ3n) is 3.07. The number of halogens is 3. The minimum atomic E-state index is -4.31. The Bertz CT molecular complexity index is 292. The summed E-state index contributed by atoms with van der Waals surface area (Å²) >= 11 is 0. The zero-order chi connectivity index (χ0) is 13.3. The maximum Gasteiger partial charge on any atom is 0.401 e. The zero-order valence-electron chi connectivity index (χ0n) is 9.84. The maximum absolute atomic E-state index is 12.2. The van der Waals surface area contributed by atoms with Crippen LogP contribution in [0.4, 0.5) is 13.2 Å². The predicted octanol–water partition coefficient (Wildman–Crippen LogP) is 0.933. The molecule has 1 aliphatic rings. The van der Waals surface area contributed by atoms with Crippen LogP contribution in [0.3, 0.4) is 0 Å². The molecular weight excluding hydrogens is 237 g/mol. The topological polar surface area (TPSA) is 52.6 Å². The van der Waals surface area contributed by atoms with Gasteiger partial charge in [0.1, 0.15) is 5.54 Å². The van der Waals surface area contributed by atoms with Crippen LogP contribution in [0.25, 0.3) is 0 Å². The number of aliphatic carboxylic acids is 1. The van der Waals surface area contributed by atoms with Crippen molar-refractivity contribution in [2.75, 3.05) is 27.2 Å². The quantitative estimate of drug-likeness (QED) is 0.740. The van der Waals surface area contributed by atoms with Crippen LogP contribution in [0.1, 0.15) is 12.8 Å². The summed E-state index contributed by atoms with van der Waals surface area (Å²) in [4.78, 5) is 12.3. The van der Waals surface area contributed by atoms with E-state index >= 15 is 0 Å². The summed E-state index contributed by atoms with van der Waals surface area (Å²) in [6.07, 6.45) is -2.82. The van der Waals surface area contributed by atoms with Gasteiger partial charge in [0.05, 0.1) is 6.54 Å². The van der Waals surface area contributed by atoms with E-state index in [0.29, 0.717) is 0 Å². The van der Waals surface area contributed by atoms with Crippen LogP contribution in [-0.2, 0) is 4.79 Å². The van der Waals surface area contributed by atoms with E-state index in [1.165, 1.54) is 14.1 Å². The van der Waals surface area contributed by atoms with Crippen LogP contribution in [0.2, 0.25) is 0 Å². The van der Waals surface area contributed by atoms with E-state index in [1.54, 1.807) is 0 Å². The first-order valence-corrected chi connectivity index (χ1v) is 5.39. The molecule has 1 saturated carbocycles. The Morgan fingerprint density at radius 2 is 1.94 bits per heavy atom. The highest BCUT2D eigenvalue weighted by molar-refractivity contribution is 5.80. The number of hydrogen-bond acceptors (Lipinski definition) is 3. The van der Waals surface area contributed by atoms with Gasteiger partial charge in [-0.05, 0) is 32.9 Å². The fourth-order valence-electron chi connectivity index (χ4n) is 2.13. The van der Waals surface area contributed by atoms with Gasteiger partial charge in [-0.1, -0.05) is 0 Å². The molecule has 100 valence electrons. The second kappa shape index (κ2) is 4.81. The molecule has 0 heterocycles. The second-order valence-electron chi connectivity index (χ2n) is 4.59. The summed E-state index contributed by atoms with van der Waals surface area (Å²) in [5, 5.41) is 11.9. The number of carboxylic acid groups (broad SMARTS) is 1. The molecule has 7 heteroatoms. The zero-order valence-corrected chi connectivity index (χ0v) is 9.84. The smallest absolute Gasteiger partial charge is 0.401 e. The molecule has 0 aromatic carbocycles. The number of nitrogens with zero attached hydrogens (tertiary/aromatic N) is 1. The Morgan fingerprint density at radius 1 is 1.41 bits per heavy atom. The molecule has 1 atom stereocenters. The van der Waals surface area contributed by atoms with E-state index in [4.69, 9.17) is 0 Å². The Morgan fingerprint density at radius 3 is 2.24 bits per heavy atom. The fraction of sp³-hybridized carbons (Fsp3) is 0.900. The van der Waals surface area contributed by atoms with Crippen LogP contribution >= 0.6 is 0 Å². The first-order chi connectivity index (χ1) is 7.71. The molecule has 0 spiro atoms. The third-order valence-corrected chi connectivity index (χ3v) is 3.07. The van der Waals surface area contributed by atoms with E-state index in [0.717, 1.165) is 17.7 Å². The monoisotopic (exact) mass is 254 g/mol. The number of rotatable bonds is 6. The van der Waals surface area contributed by atoms with Gasteiger partial charge in [-0.2, -0.15) is 13.2 Å². The molecule has 1 fully saturated rings. The summed E-state index contributed by atoms with van der Waals surface area (Å²) in [6, 6.07) is 0. The molecule has 0 bridgehead atoms. The molecule has 0 aromatic heterocycles. The Labute approximate surface area is 97.8 Å². The van der Waals surface area contributed by atoms with Crippen molar-refractivity contribution in [3.8, 4) is 0 Å². The minimum Gasteiger partial charge on any atom is -0.480 e. The molecule has 0 radical (unpaired) electrons. The van der Waals surface area contributed by atoms with Gasteiger partial charge >= 0.3 is 12.1 Å². The van der Waals surface area contributed by atoms with Crippen molar-refractivity contribution in [1.82, 2.24) is 10.2 Å². The fourth-order valence-corrected chi connectivity index (χ4v) is 2.13. The van der Waals surface area contributed by atoms with E-state index in [-0.39, 0.29) is 12.5 Å². The van der Waals surface area contributed by atoms with Crippen molar-refractivity contribution in [3.63, 3.8) is 0 Å². The van der Waals surface area contributed by atoms with E-state index in [9.17, 15) is 23.1 Å². The predicted molar refractivity (Wildman–Crippen MR) is 55.7 cm³/mol.